The normalized spacial score (nSPS) is 15.6. The smallest absolute Gasteiger partial charge is 0.0519 e. The highest BCUT2D eigenvalue weighted by molar-refractivity contribution is 4.61. The molecular weight excluding hydrogens is 188 g/mol. The van der Waals surface area contributed by atoms with Gasteiger partial charge in [0, 0.05) is 13.2 Å². The fraction of sp³-hybridized carbons (Fsp3) is 1.00. The van der Waals surface area contributed by atoms with Crippen molar-refractivity contribution in [3.8, 4) is 0 Å². The predicted molar refractivity (Wildman–Crippen MR) is 65.0 cm³/mol. The summed E-state index contributed by atoms with van der Waals surface area (Å²) >= 11 is 0. The van der Waals surface area contributed by atoms with E-state index in [1.807, 2.05) is 0 Å². The number of aliphatic hydroxyl groups is 1. The van der Waals surface area contributed by atoms with E-state index in [1.54, 1.807) is 0 Å². The molecule has 0 aliphatic rings. The molecule has 0 aromatic carbocycles. The zero-order chi connectivity index (χ0) is 11.7. The summed E-state index contributed by atoms with van der Waals surface area (Å²) in [6, 6.07) is 0. The first-order valence-electron chi connectivity index (χ1n) is 6.32. The molecule has 0 saturated carbocycles. The summed E-state index contributed by atoms with van der Waals surface area (Å²) in [7, 11) is 0. The predicted octanol–water partition coefficient (Wildman–Crippen LogP) is 3.24. The van der Waals surface area contributed by atoms with E-state index < -0.39 is 0 Å². The molecule has 0 radical (unpaired) electrons. The standard InChI is InChI=1S/C13H28O2/c1-5-6-13(9-14)8-7-12(4)10-15-11(2)3/h11-14H,5-10H2,1-4H3. The first kappa shape index (κ1) is 14.9. The summed E-state index contributed by atoms with van der Waals surface area (Å²) in [5.74, 6) is 1.11. The van der Waals surface area contributed by atoms with E-state index in [2.05, 4.69) is 27.7 Å². The van der Waals surface area contributed by atoms with Crippen molar-refractivity contribution in [1.29, 1.82) is 0 Å². The molecular formula is C13H28O2. The molecule has 2 nitrogen and oxygen atoms in total. The maximum absolute atomic E-state index is 9.16. The van der Waals surface area contributed by atoms with Gasteiger partial charge < -0.3 is 9.84 Å². The largest absolute Gasteiger partial charge is 0.396 e. The zero-order valence-electron chi connectivity index (χ0n) is 10.8. The highest BCUT2D eigenvalue weighted by Gasteiger charge is 2.10. The lowest BCUT2D eigenvalue weighted by Crippen LogP contribution is -2.13. The minimum atomic E-state index is 0.330. The van der Waals surface area contributed by atoms with Crippen LogP contribution >= 0.6 is 0 Å². The van der Waals surface area contributed by atoms with Gasteiger partial charge in [-0.3, -0.25) is 0 Å². The van der Waals surface area contributed by atoms with Gasteiger partial charge in [0.1, 0.15) is 0 Å². The molecule has 0 aliphatic carbocycles. The third-order valence-corrected chi connectivity index (χ3v) is 2.74. The van der Waals surface area contributed by atoms with Gasteiger partial charge in [0.15, 0.2) is 0 Å². The van der Waals surface area contributed by atoms with Gasteiger partial charge in [-0.1, -0.05) is 20.3 Å². The van der Waals surface area contributed by atoms with Crippen LogP contribution < -0.4 is 0 Å². The second kappa shape index (κ2) is 9.17. The third kappa shape index (κ3) is 8.88. The van der Waals surface area contributed by atoms with Crippen molar-refractivity contribution in [3.63, 3.8) is 0 Å². The molecule has 2 atom stereocenters. The van der Waals surface area contributed by atoms with Crippen LogP contribution in [-0.2, 0) is 4.74 Å². The second-order valence-electron chi connectivity index (χ2n) is 4.90. The lowest BCUT2D eigenvalue weighted by atomic mass is 9.94. The first-order valence-corrected chi connectivity index (χ1v) is 6.32. The van der Waals surface area contributed by atoms with Crippen LogP contribution in [0.4, 0.5) is 0 Å². The fourth-order valence-corrected chi connectivity index (χ4v) is 1.70. The van der Waals surface area contributed by atoms with Crippen molar-refractivity contribution in [2.45, 2.75) is 59.5 Å². The Balaban J connectivity index is 3.54. The molecule has 0 aromatic heterocycles. The van der Waals surface area contributed by atoms with E-state index in [-0.39, 0.29) is 0 Å². The minimum absolute atomic E-state index is 0.330. The maximum Gasteiger partial charge on any atom is 0.0519 e. The molecule has 0 heterocycles. The fourth-order valence-electron chi connectivity index (χ4n) is 1.70. The average molecular weight is 216 g/mol. The Bertz CT molecular complexity index is 134. The van der Waals surface area contributed by atoms with Crippen LogP contribution in [0.5, 0.6) is 0 Å². The van der Waals surface area contributed by atoms with Crippen LogP contribution in [-0.4, -0.2) is 24.4 Å². The quantitative estimate of drug-likeness (QED) is 0.641. The van der Waals surface area contributed by atoms with E-state index in [4.69, 9.17) is 9.84 Å². The molecule has 0 bridgehead atoms. The number of rotatable bonds is 9. The highest BCUT2D eigenvalue weighted by atomic mass is 16.5. The van der Waals surface area contributed by atoms with Crippen LogP contribution in [0.15, 0.2) is 0 Å². The molecule has 0 aliphatic heterocycles. The molecule has 0 saturated heterocycles. The monoisotopic (exact) mass is 216 g/mol. The van der Waals surface area contributed by atoms with Crippen LogP contribution in [0, 0.1) is 11.8 Å². The molecule has 0 aromatic rings. The summed E-state index contributed by atoms with van der Waals surface area (Å²) in [6.07, 6.45) is 4.94. The number of aliphatic hydroxyl groups excluding tert-OH is 1. The zero-order valence-corrected chi connectivity index (χ0v) is 10.8. The van der Waals surface area contributed by atoms with Gasteiger partial charge in [-0.15, -0.1) is 0 Å². The first-order chi connectivity index (χ1) is 7.10. The van der Waals surface area contributed by atoms with Gasteiger partial charge in [-0.2, -0.15) is 0 Å². The average Bonchev–Trinajstić information content (AvgIpc) is 2.21. The van der Waals surface area contributed by atoms with Crippen LogP contribution in [0.2, 0.25) is 0 Å². The van der Waals surface area contributed by atoms with Crippen molar-refractivity contribution in [1.82, 2.24) is 0 Å². The Morgan fingerprint density at radius 3 is 2.20 bits per heavy atom. The summed E-state index contributed by atoms with van der Waals surface area (Å²) in [5.41, 5.74) is 0. The molecule has 15 heavy (non-hydrogen) atoms. The molecule has 0 fully saturated rings. The highest BCUT2D eigenvalue weighted by Crippen LogP contribution is 2.17. The Hall–Kier alpha value is -0.0800. The second-order valence-corrected chi connectivity index (χ2v) is 4.90. The summed E-state index contributed by atoms with van der Waals surface area (Å²) in [6.45, 7) is 9.73. The van der Waals surface area contributed by atoms with E-state index in [9.17, 15) is 0 Å². The van der Waals surface area contributed by atoms with Crippen molar-refractivity contribution in [2.75, 3.05) is 13.2 Å². The minimum Gasteiger partial charge on any atom is -0.396 e. The van der Waals surface area contributed by atoms with Crippen molar-refractivity contribution >= 4 is 0 Å². The summed E-state index contributed by atoms with van der Waals surface area (Å²) in [4.78, 5) is 0. The van der Waals surface area contributed by atoms with Gasteiger partial charge in [0.2, 0.25) is 0 Å². The Morgan fingerprint density at radius 1 is 1.07 bits per heavy atom. The van der Waals surface area contributed by atoms with Crippen LogP contribution in [0.3, 0.4) is 0 Å². The number of ether oxygens (including phenoxy) is 1. The van der Waals surface area contributed by atoms with Gasteiger partial charge in [0.05, 0.1) is 6.10 Å². The lowest BCUT2D eigenvalue weighted by molar-refractivity contribution is 0.0507. The summed E-state index contributed by atoms with van der Waals surface area (Å²) in [5, 5.41) is 9.16. The molecule has 1 N–H and O–H groups in total. The third-order valence-electron chi connectivity index (χ3n) is 2.74. The molecule has 0 spiro atoms. The van der Waals surface area contributed by atoms with Crippen molar-refractivity contribution in [3.05, 3.63) is 0 Å². The molecule has 2 unspecified atom stereocenters. The molecule has 0 amide bonds. The number of hydrogen-bond donors (Lipinski definition) is 1. The van der Waals surface area contributed by atoms with Gasteiger partial charge in [-0.25, -0.2) is 0 Å². The van der Waals surface area contributed by atoms with E-state index in [0.29, 0.717) is 24.5 Å². The summed E-state index contributed by atoms with van der Waals surface area (Å²) < 4.78 is 5.57. The van der Waals surface area contributed by atoms with E-state index in [1.165, 1.54) is 6.42 Å². The lowest BCUT2D eigenvalue weighted by Gasteiger charge is -2.17. The van der Waals surface area contributed by atoms with E-state index >= 15 is 0 Å². The molecule has 0 rings (SSSR count). The molecule has 92 valence electrons. The number of hydrogen-bond acceptors (Lipinski definition) is 2. The van der Waals surface area contributed by atoms with Crippen molar-refractivity contribution < 1.29 is 9.84 Å². The van der Waals surface area contributed by atoms with Crippen LogP contribution in [0.1, 0.15) is 53.4 Å². The van der Waals surface area contributed by atoms with Gasteiger partial charge in [0.25, 0.3) is 0 Å². The van der Waals surface area contributed by atoms with Gasteiger partial charge >= 0.3 is 0 Å². The van der Waals surface area contributed by atoms with Crippen molar-refractivity contribution in [2.24, 2.45) is 11.8 Å². The SMILES string of the molecule is CCCC(CO)CCC(C)COC(C)C. The Morgan fingerprint density at radius 2 is 1.73 bits per heavy atom. The maximum atomic E-state index is 9.16. The Labute approximate surface area is 95.0 Å². The van der Waals surface area contributed by atoms with Crippen LogP contribution in [0.25, 0.3) is 0 Å². The molecule has 2 heteroatoms. The van der Waals surface area contributed by atoms with E-state index in [0.717, 1.165) is 25.9 Å². The topological polar surface area (TPSA) is 29.5 Å². The Kier molecular flexibility index (Phi) is 9.12. The van der Waals surface area contributed by atoms with Gasteiger partial charge in [-0.05, 0) is 44.9 Å².